The van der Waals surface area contributed by atoms with Crippen LogP contribution < -0.4 is 0 Å². The van der Waals surface area contributed by atoms with Crippen molar-refractivity contribution in [2.75, 3.05) is 0 Å². The normalized spacial score (nSPS) is 12.2. The van der Waals surface area contributed by atoms with Gasteiger partial charge >= 0.3 is 0 Å². The Morgan fingerprint density at radius 2 is 0.625 bits per heavy atom. The fourth-order valence-electron chi connectivity index (χ4n) is 7.81. The molecular formula is C46H26O2. The standard InChI is InChI=1S/C46H26O2/c1-3-9-29-25-45-41(19-27(29)7-1)39-23-33(15-17-43(39)47-45)35-13-5-11-31-22-38-32(21-37(31)35)12-6-14-36(38)34-16-18-44-40(24-34)42-20-28-8-2-4-10-30(28)26-46(42)48-44/h1-26H. The Labute approximate surface area is 275 Å². The number of benzene rings is 9. The molecule has 0 amide bonds. The number of hydrogen-bond donors (Lipinski definition) is 0. The van der Waals surface area contributed by atoms with E-state index in [0.29, 0.717) is 0 Å². The Bertz CT molecular complexity index is 2910. The fourth-order valence-corrected chi connectivity index (χ4v) is 7.81. The molecule has 0 aliphatic carbocycles. The van der Waals surface area contributed by atoms with Gasteiger partial charge in [0.1, 0.15) is 22.3 Å². The topological polar surface area (TPSA) is 26.3 Å². The van der Waals surface area contributed by atoms with Crippen LogP contribution >= 0.6 is 0 Å². The second-order valence-corrected chi connectivity index (χ2v) is 12.9. The average Bonchev–Trinajstić information content (AvgIpc) is 3.67. The Morgan fingerprint density at radius 1 is 0.250 bits per heavy atom. The molecule has 2 heteroatoms. The Hall–Kier alpha value is -6.38. The summed E-state index contributed by atoms with van der Waals surface area (Å²) in [5.41, 5.74) is 8.48. The van der Waals surface area contributed by atoms with Crippen LogP contribution in [0.2, 0.25) is 0 Å². The van der Waals surface area contributed by atoms with Crippen LogP contribution in [0.3, 0.4) is 0 Å². The summed E-state index contributed by atoms with van der Waals surface area (Å²) >= 11 is 0. The zero-order chi connectivity index (χ0) is 31.3. The highest BCUT2D eigenvalue weighted by atomic mass is 16.3. The van der Waals surface area contributed by atoms with Crippen molar-refractivity contribution in [1.29, 1.82) is 0 Å². The van der Waals surface area contributed by atoms with Crippen molar-refractivity contribution in [3.63, 3.8) is 0 Å². The smallest absolute Gasteiger partial charge is 0.136 e. The van der Waals surface area contributed by atoms with Gasteiger partial charge in [0.05, 0.1) is 0 Å². The molecule has 0 atom stereocenters. The Morgan fingerprint density at radius 3 is 1.08 bits per heavy atom. The SMILES string of the molecule is c1ccc2cc3c(cc2c1)oc1ccc(-c2cccc4cc5c(-c6ccc7oc8cc9ccccc9cc8c7c6)cccc5cc24)cc13. The highest BCUT2D eigenvalue weighted by Gasteiger charge is 2.15. The summed E-state index contributed by atoms with van der Waals surface area (Å²) in [5, 5.41) is 14.3. The van der Waals surface area contributed by atoms with Crippen molar-refractivity contribution >= 4 is 87.0 Å². The van der Waals surface area contributed by atoms with Gasteiger partial charge in [0.2, 0.25) is 0 Å². The monoisotopic (exact) mass is 610 g/mol. The lowest BCUT2D eigenvalue weighted by Crippen LogP contribution is -1.86. The third-order valence-electron chi connectivity index (χ3n) is 10.2. The van der Waals surface area contributed by atoms with Gasteiger partial charge in [0.25, 0.3) is 0 Å². The molecule has 0 N–H and O–H groups in total. The fraction of sp³-hybridized carbons (Fsp3) is 0. The van der Waals surface area contributed by atoms with Crippen molar-refractivity contribution < 1.29 is 8.83 Å². The Kier molecular flexibility index (Phi) is 5.14. The highest BCUT2D eigenvalue weighted by Crippen LogP contribution is 2.40. The van der Waals surface area contributed by atoms with E-state index in [4.69, 9.17) is 8.83 Å². The molecule has 0 bridgehead atoms. The Balaban J connectivity index is 1.07. The van der Waals surface area contributed by atoms with Crippen molar-refractivity contribution in [2.45, 2.75) is 0 Å². The molecule has 0 radical (unpaired) electrons. The lowest BCUT2D eigenvalue weighted by molar-refractivity contribution is 0.669. The first-order chi connectivity index (χ1) is 23.7. The van der Waals surface area contributed by atoms with Crippen LogP contribution in [0, 0.1) is 0 Å². The van der Waals surface area contributed by atoms with E-state index in [2.05, 4.69) is 158 Å². The van der Waals surface area contributed by atoms with E-state index in [1.54, 1.807) is 0 Å². The quantitative estimate of drug-likeness (QED) is 0.182. The summed E-state index contributed by atoms with van der Waals surface area (Å²) in [6.45, 7) is 0. The predicted octanol–water partition coefficient (Wildman–Crippen LogP) is 13.4. The van der Waals surface area contributed by atoms with Crippen LogP contribution in [0.5, 0.6) is 0 Å². The number of furan rings is 2. The molecule has 222 valence electrons. The van der Waals surface area contributed by atoms with Crippen LogP contribution in [0.1, 0.15) is 0 Å². The van der Waals surface area contributed by atoms with E-state index >= 15 is 0 Å². The summed E-state index contributed by atoms with van der Waals surface area (Å²) in [4.78, 5) is 0. The second kappa shape index (κ2) is 9.57. The maximum absolute atomic E-state index is 6.31. The van der Waals surface area contributed by atoms with E-state index < -0.39 is 0 Å². The largest absolute Gasteiger partial charge is 0.456 e. The summed E-state index contributed by atoms with van der Waals surface area (Å²) in [6.07, 6.45) is 0. The van der Waals surface area contributed by atoms with Gasteiger partial charge < -0.3 is 8.83 Å². The molecule has 0 unspecified atom stereocenters. The van der Waals surface area contributed by atoms with Crippen LogP contribution in [-0.2, 0) is 0 Å². The first kappa shape index (κ1) is 25.8. The molecule has 9 aromatic carbocycles. The highest BCUT2D eigenvalue weighted by molar-refractivity contribution is 6.15. The third kappa shape index (κ3) is 3.74. The molecule has 0 saturated heterocycles. The van der Waals surface area contributed by atoms with Crippen molar-refractivity contribution in [1.82, 2.24) is 0 Å². The van der Waals surface area contributed by atoms with E-state index in [1.807, 2.05) is 0 Å². The van der Waals surface area contributed by atoms with Crippen molar-refractivity contribution in [3.8, 4) is 22.3 Å². The molecule has 0 aliphatic rings. The van der Waals surface area contributed by atoms with Crippen molar-refractivity contribution in [2.24, 2.45) is 0 Å². The maximum Gasteiger partial charge on any atom is 0.136 e. The van der Waals surface area contributed by atoms with Gasteiger partial charge in [-0.05, 0) is 126 Å². The molecule has 2 aromatic heterocycles. The third-order valence-corrected chi connectivity index (χ3v) is 10.2. The molecule has 11 aromatic rings. The minimum absolute atomic E-state index is 0.912. The van der Waals surface area contributed by atoms with Gasteiger partial charge in [-0.2, -0.15) is 0 Å². The molecule has 2 heterocycles. The first-order valence-electron chi connectivity index (χ1n) is 16.4. The van der Waals surface area contributed by atoms with E-state index in [1.165, 1.54) is 65.3 Å². The minimum atomic E-state index is 0.912. The van der Waals surface area contributed by atoms with E-state index in [9.17, 15) is 0 Å². The zero-order valence-electron chi connectivity index (χ0n) is 25.8. The molecule has 11 rings (SSSR count). The molecule has 0 fully saturated rings. The lowest BCUT2D eigenvalue weighted by Gasteiger charge is -2.12. The van der Waals surface area contributed by atoms with Gasteiger partial charge in [-0.3, -0.25) is 0 Å². The average molecular weight is 611 g/mol. The minimum Gasteiger partial charge on any atom is -0.456 e. The first-order valence-corrected chi connectivity index (χ1v) is 16.4. The summed E-state index contributed by atoms with van der Waals surface area (Å²) in [6, 6.07) is 56.9. The number of rotatable bonds is 2. The van der Waals surface area contributed by atoms with Gasteiger partial charge in [-0.25, -0.2) is 0 Å². The van der Waals surface area contributed by atoms with Crippen LogP contribution in [-0.4, -0.2) is 0 Å². The molecule has 48 heavy (non-hydrogen) atoms. The lowest BCUT2D eigenvalue weighted by atomic mass is 9.91. The molecule has 2 nitrogen and oxygen atoms in total. The summed E-state index contributed by atoms with van der Waals surface area (Å²) < 4.78 is 12.6. The van der Waals surface area contributed by atoms with Gasteiger partial charge in [0, 0.05) is 21.5 Å². The summed E-state index contributed by atoms with van der Waals surface area (Å²) in [7, 11) is 0. The van der Waals surface area contributed by atoms with Gasteiger partial charge in [-0.1, -0.05) is 97.1 Å². The molecule has 0 spiro atoms. The van der Waals surface area contributed by atoms with E-state index in [0.717, 1.165) is 43.9 Å². The van der Waals surface area contributed by atoms with Crippen LogP contribution in [0.15, 0.2) is 167 Å². The van der Waals surface area contributed by atoms with Crippen LogP contribution in [0.25, 0.3) is 109 Å². The van der Waals surface area contributed by atoms with E-state index in [-0.39, 0.29) is 0 Å². The molecule has 0 saturated carbocycles. The maximum atomic E-state index is 6.31. The predicted molar refractivity (Wildman–Crippen MR) is 202 cm³/mol. The summed E-state index contributed by atoms with van der Waals surface area (Å²) in [5.74, 6) is 0. The number of fused-ring (bicyclic) bond motifs is 10. The van der Waals surface area contributed by atoms with Gasteiger partial charge in [0.15, 0.2) is 0 Å². The van der Waals surface area contributed by atoms with Crippen LogP contribution in [0.4, 0.5) is 0 Å². The van der Waals surface area contributed by atoms with Gasteiger partial charge in [-0.15, -0.1) is 0 Å². The molecular weight excluding hydrogens is 585 g/mol. The van der Waals surface area contributed by atoms with Crippen molar-refractivity contribution in [3.05, 3.63) is 158 Å². The zero-order valence-corrected chi connectivity index (χ0v) is 25.8. The number of hydrogen-bond acceptors (Lipinski definition) is 2. The second-order valence-electron chi connectivity index (χ2n) is 12.9. The molecule has 0 aliphatic heterocycles.